The molecule has 0 aromatic heterocycles. The summed E-state index contributed by atoms with van der Waals surface area (Å²) in [5.74, 6) is 0. The standard InChI is InChI=1S/C14H27NO2/c1-12(16)10-13-6-2-5-9-15(13)11-14(17)7-3-4-8-14/h12-13,16-17H,2-11H2,1H3. The maximum atomic E-state index is 10.5. The molecule has 0 radical (unpaired) electrons. The van der Waals surface area contributed by atoms with Gasteiger partial charge < -0.3 is 10.2 Å². The third-order valence-electron chi connectivity index (χ3n) is 4.39. The van der Waals surface area contributed by atoms with Crippen LogP contribution in [0.2, 0.25) is 0 Å². The SMILES string of the molecule is CC(O)CC1CCCCN1CC1(O)CCCC1. The van der Waals surface area contributed by atoms with Gasteiger partial charge in [-0.05, 0) is 45.6 Å². The van der Waals surface area contributed by atoms with E-state index in [9.17, 15) is 10.2 Å². The Balaban J connectivity index is 1.91. The normalized spacial score (nSPS) is 31.6. The quantitative estimate of drug-likeness (QED) is 0.790. The van der Waals surface area contributed by atoms with Crippen molar-refractivity contribution in [1.82, 2.24) is 4.90 Å². The maximum Gasteiger partial charge on any atom is 0.0774 e. The molecule has 0 amide bonds. The van der Waals surface area contributed by atoms with Crippen molar-refractivity contribution in [2.24, 2.45) is 0 Å². The third kappa shape index (κ3) is 3.67. The van der Waals surface area contributed by atoms with E-state index in [1.807, 2.05) is 6.92 Å². The highest BCUT2D eigenvalue weighted by Crippen LogP contribution is 2.32. The van der Waals surface area contributed by atoms with Gasteiger partial charge in [0.1, 0.15) is 0 Å². The number of piperidine rings is 1. The molecule has 3 nitrogen and oxygen atoms in total. The summed E-state index contributed by atoms with van der Waals surface area (Å²) in [5.41, 5.74) is -0.436. The van der Waals surface area contributed by atoms with Crippen LogP contribution in [0.4, 0.5) is 0 Å². The molecule has 2 fully saturated rings. The largest absolute Gasteiger partial charge is 0.393 e. The van der Waals surface area contributed by atoms with E-state index in [2.05, 4.69) is 4.90 Å². The van der Waals surface area contributed by atoms with Gasteiger partial charge in [-0.15, -0.1) is 0 Å². The fourth-order valence-electron chi connectivity index (χ4n) is 3.50. The summed E-state index contributed by atoms with van der Waals surface area (Å²) in [7, 11) is 0. The fraction of sp³-hybridized carbons (Fsp3) is 1.00. The molecule has 0 aromatic rings. The van der Waals surface area contributed by atoms with Crippen molar-refractivity contribution in [3.8, 4) is 0 Å². The lowest BCUT2D eigenvalue weighted by Gasteiger charge is -2.40. The van der Waals surface area contributed by atoms with Gasteiger partial charge in [0.05, 0.1) is 11.7 Å². The van der Waals surface area contributed by atoms with Gasteiger partial charge in [0, 0.05) is 12.6 Å². The van der Waals surface area contributed by atoms with Crippen molar-refractivity contribution in [3.63, 3.8) is 0 Å². The van der Waals surface area contributed by atoms with E-state index in [0.717, 1.165) is 32.4 Å². The number of β-amino-alcohol motifs (C(OH)–C–C–N with tert-alkyl or cyclic N) is 1. The van der Waals surface area contributed by atoms with E-state index >= 15 is 0 Å². The van der Waals surface area contributed by atoms with Gasteiger partial charge >= 0.3 is 0 Å². The second-order valence-electron chi connectivity index (χ2n) is 6.14. The number of likely N-dealkylation sites (tertiary alicyclic amines) is 1. The lowest BCUT2D eigenvalue weighted by Crippen LogP contribution is -2.49. The third-order valence-corrected chi connectivity index (χ3v) is 4.39. The van der Waals surface area contributed by atoms with Crippen LogP contribution >= 0.6 is 0 Å². The van der Waals surface area contributed by atoms with E-state index in [4.69, 9.17) is 0 Å². The number of aliphatic hydroxyl groups is 2. The van der Waals surface area contributed by atoms with Crippen LogP contribution in [0.5, 0.6) is 0 Å². The number of hydrogen-bond donors (Lipinski definition) is 2. The van der Waals surface area contributed by atoms with Gasteiger partial charge in [-0.1, -0.05) is 19.3 Å². The number of rotatable bonds is 4. The Hall–Kier alpha value is -0.120. The molecule has 2 aliphatic rings. The van der Waals surface area contributed by atoms with Crippen molar-refractivity contribution >= 4 is 0 Å². The Morgan fingerprint density at radius 3 is 2.59 bits per heavy atom. The molecule has 3 heteroatoms. The molecule has 1 saturated heterocycles. The van der Waals surface area contributed by atoms with Crippen molar-refractivity contribution in [2.45, 2.75) is 76.0 Å². The first-order valence-electron chi connectivity index (χ1n) is 7.24. The van der Waals surface area contributed by atoms with Crippen molar-refractivity contribution in [1.29, 1.82) is 0 Å². The van der Waals surface area contributed by atoms with Gasteiger partial charge in [0.15, 0.2) is 0 Å². The molecule has 0 spiro atoms. The van der Waals surface area contributed by atoms with Gasteiger partial charge in [0.25, 0.3) is 0 Å². The lowest BCUT2D eigenvalue weighted by molar-refractivity contribution is -0.0199. The average molecular weight is 241 g/mol. The summed E-state index contributed by atoms with van der Waals surface area (Å²) >= 11 is 0. The van der Waals surface area contributed by atoms with Crippen LogP contribution in [0.3, 0.4) is 0 Å². The summed E-state index contributed by atoms with van der Waals surface area (Å²) in [6.45, 7) is 3.79. The van der Waals surface area contributed by atoms with Gasteiger partial charge in [-0.25, -0.2) is 0 Å². The number of hydrogen-bond acceptors (Lipinski definition) is 3. The first-order chi connectivity index (χ1) is 8.09. The van der Waals surface area contributed by atoms with Crippen LogP contribution in [0.15, 0.2) is 0 Å². The van der Waals surface area contributed by atoms with Gasteiger partial charge in [0.2, 0.25) is 0 Å². The van der Waals surface area contributed by atoms with E-state index in [1.165, 1.54) is 32.1 Å². The molecule has 0 aromatic carbocycles. The van der Waals surface area contributed by atoms with Crippen LogP contribution < -0.4 is 0 Å². The smallest absolute Gasteiger partial charge is 0.0774 e. The molecule has 1 heterocycles. The molecular weight excluding hydrogens is 214 g/mol. The van der Waals surface area contributed by atoms with E-state index in [-0.39, 0.29) is 6.10 Å². The average Bonchev–Trinajstić information content (AvgIpc) is 2.67. The minimum absolute atomic E-state index is 0.223. The summed E-state index contributed by atoms with van der Waals surface area (Å²) in [6, 6.07) is 0.480. The van der Waals surface area contributed by atoms with Gasteiger partial charge in [-0.3, -0.25) is 4.90 Å². The Kier molecular flexibility index (Phi) is 4.45. The highest BCUT2D eigenvalue weighted by atomic mass is 16.3. The van der Waals surface area contributed by atoms with Crippen LogP contribution in [0.1, 0.15) is 58.3 Å². The van der Waals surface area contributed by atoms with Crippen LogP contribution in [0, 0.1) is 0 Å². The maximum absolute atomic E-state index is 10.5. The molecular formula is C14H27NO2. The Morgan fingerprint density at radius 2 is 1.94 bits per heavy atom. The minimum Gasteiger partial charge on any atom is -0.393 e. The summed E-state index contributed by atoms with van der Waals surface area (Å²) in [5, 5.41) is 20.0. The van der Waals surface area contributed by atoms with Crippen LogP contribution in [0.25, 0.3) is 0 Å². The second-order valence-corrected chi connectivity index (χ2v) is 6.14. The molecule has 2 rings (SSSR count). The topological polar surface area (TPSA) is 43.7 Å². The zero-order valence-corrected chi connectivity index (χ0v) is 11.1. The molecule has 2 N–H and O–H groups in total. The predicted molar refractivity (Wildman–Crippen MR) is 68.9 cm³/mol. The minimum atomic E-state index is -0.436. The predicted octanol–water partition coefficient (Wildman–Crippen LogP) is 1.92. The van der Waals surface area contributed by atoms with Gasteiger partial charge in [-0.2, -0.15) is 0 Å². The Morgan fingerprint density at radius 1 is 1.24 bits per heavy atom. The monoisotopic (exact) mass is 241 g/mol. The molecule has 2 unspecified atom stereocenters. The zero-order valence-electron chi connectivity index (χ0n) is 11.1. The highest BCUT2D eigenvalue weighted by Gasteiger charge is 2.35. The first-order valence-corrected chi connectivity index (χ1v) is 7.24. The molecule has 0 bridgehead atoms. The van der Waals surface area contributed by atoms with E-state index < -0.39 is 5.60 Å². The number of nitrogens with zero attached hydrogens (tertiary/aromatic N) is 1. The summed E-state index contributed by atoms with van der Waals surface area (Å²) < 4.78 is 0. The zero-order chi connectivity index (χ0) is 12.3. The molecule has 2 atom stereocenters. The van der Waals surface area contributed by atoms with E-state index in [1.54, 1.807) is 0 Å². The number of aliphatic hydroxyl groups excluding tert-OH is 1. The highest BCUT2D eigenvalue weighted by molar-refractivity contribution is 4.90. The van der Waals surface area contributed by atoms with Crippen LogP contribution in [-0.4, -0.2) is 45.9 Å². The van der Waals surface area contributed by atoms with Crippen molar-refractivity contribution in [2.75, 3.05) is 13.1 Å². The fourth-order valence-corrected chi connectivity index (χ4v) is 3.50. The van der Waals surface area contributed by atoms with Crippen molar-refractivity contribution < 1.29 is 10.2 Å². The van der Waals surface area contributed by atoms with E-state index in [0.29, 0.717) is 6.04 Å². The first kappa shape index (κ1) is 13.3. The Bertz CT molecular complexity index is 236. The lowest BCUT2D eigenvalue weighted by atomic mass is 9.93. The molecule has 1 saturated carbocycles. The van der Waals surface area contributed by atoms with Crippen LogP contribution in [-0.2, 0) is 0 Å². The molecule has 100 valence electrons. The Labute approximate surface area is 105 Å². The second kappa shape index (κ2) is 5.68. The van der Waals surface area contributed by atoms with Crippen molar-refractivity contribution in [3.05, 3.63) is 0 Å². The molecule has 1 aliphatic heterocycles. The molecule has 17 heavy (non-hydrogen) atoms. The summed E-state index contributed by atoms with van der Waals surface area (Å²) in [6.07, 6.45) is 8.60. The summed E-state index contributed by atoms with van der Waals surface area (Å²) in [4.78, 5) is 2.43. The molecule has 1 aliphatic carbocycles.